The SMILES string of the molecule is CC(C)(C)c1noc(CCCC(=O)N2CCC(C(=O)O)(C(F)(F)F)C2)n1. The van der Waals surface area contributed by atoms with Crippen molar-refractivity contribution >= 4 is 11.9 Å². The fourth-order valence-corrected chi connectivity index (χ4v) is 2.76. The van der Waals surface area contributed by atoms with Crippen molar-refractivity contribution in [2.45, 2.75) is 58.0 Å². The molecule has 2 heterocycles. The second kappa shape index (κ2) is 6.88. The molecule has 1 aromatic heterocycles. The van der Waals surface area contributed by atoms with Crippen molar-refractivity contribution in [2.24, 2.45) is 5.41 Å². The number of alkyl halides is 3. The van der Waals surface area contributed by atoms with Gasteiger partial charge in [0.25, 0.3) is 0 Å². The van der Waals surface area contributed by atoms with Gasteiger partial charge in [-0.15, -0.1) is 0 Å². The van der Waals surface area contributed by atoms with Crippen molar-refractivity contribution < 1.29 is 32.4 Å². The highest BCUT2D eigenvalue weighted by Gasteiger charge is 2.64. The molecule has 0 bridgehead atoms. The van der Waals surface area contributed by atoms with E-state index in [2.05, 4.69) is 10.1 Å². The van der Waals surface area contributed by atoms with Gasteiger partial charge in [0.1, 0.15) is 0 Å². The Bertz CT molecular complexity index is 681. The first-order valence-electron chi connectivity index (χ1n) is 8.28. The van der Waals surface area contributed by atoms with E-state index in [1.165, 1.54) is 0 Å². The second-order valence-electron chi connectivity index (χ2n) is 7.57. The minimum Gasteiger partial charge on any atom is -0.481 e. The number of carboxylic acids is 1. The molecule has 0 saturated carbocycles. The molecule has 1 aromatic rings. The lowest BCUT2D eigenvalue weighted by Gasteiger charge is -2.27. The molecule has 0 aliphatic carbocycles. The Hall–Kier alpha value is -2.13. The van der Waals surface area contributed by atoms with Crippen molar-refractivity contribution in [1.82, 2.24) is 15.0 Å². The molecular formula is C16H22F3N3O4. The summed E-state index contributed by atoms with van der Waals surface area (Å²) in [6.45, 7) is 4.70. The van der Waals surface area contributed by atoms with E-state index < -0.39 is 36.4 Å². The zero-order valence-electron chi connectivity index (χ0n) is 14.9. The quantitative estimate of drug-likeness (QED) is 0.847. The summed E-state index contributed by atoms with van der Waals surface area (Å²) >= 11 is 0. The highest BCUT2D eigenvalue weighted by molar-refractivity contribution is 5.81. The molecule has 146 valence electrons. The molecule has 1 unspecified atom stereocenters. The molecule has 26 heavy (non-hydrogen) atoms. The Kier molecular flexibility index (Phi) is 5.34. The maximum Gasteiger partial charge on any atom is 0.406 e. The molecule has 2 rings (SSSR count). The molecule has 0 spiro atoms. The molecule has 10 heteroatoms. The lowest BCUT2D eigenvalue weighted by molar-refractivity contribution is -0.227. The van der Waals surface area contributed by atoms with E-state index in [4.69, 9.17) is 9.63 Å². The number of hydrogen-bond donors (Lipinski definition) is 1. The molecule has 1 fully saturated rings. The number of carbonyl (C=O) groups is 2. The summed E-state index contributed by atoms with van der Waals surface area (Å²) in [5.41, 5.74) is -3.15. The third kappa shape index (κ3) is 3.99. The molecular weight excluding hydrogens is 355 g/mol. The van der Waals surface area contributed by atoms with Crippen molar-refractivity contribution in [3.63, 3.8) is 0 Å². The fraction of sp³-hybridized carbons (Fsp3) is 0.750. The van der Waals surface area contributed by atoms with Crippen LogP contribution in [0.3, 0.4) is 0 Å². The van der Waals surface area contributed by atoms with Gasteiger partial charge in [-0.25, -0.2) is 0 Å². The average molecular weight is 377 g/mol. The van der Waals surface area contributed by atoms with Crippen LogP contribution in [0.15, 0.2) is 4.52 Å². The predicted molar refractivity (Wildman–Crippen MR) is 83.3 cm³/mol. The van der Waals surface area contributed by atoms with Gasteiger partial charge in [-0.05, 0) is 12.8 Å². The maximum atomic E-state index is 13.1. The van der Waals surface area contributed by atoms with Gasteiger partial charge in [-0.2, -0.15) is 18.2 Å². The minimum absolute atomic E-state index is 0.0131. The van der Waals surface area contributed by atoms with E-state index >= 15 is 0 Å². The zero-order chi connectivity index (χ0) is 19.8. The number of hydrogen-bond acceptors (Lipinski definition) is 5. The van der Waals surface area contributed by atoms with Crippen LogP contribution in [0.2, 0.25) is 0 Å². The summed E-state index contributed by atoms with van der Waals surface area (Å²) in [5, 5.41) is 12.9. The van der Waals surface area contributed by atoms with E-state index in [-0.39, 0.29) is 18.4 Å². The first-order valence-corrected chi connectivity index (χ1v) is 8.28. The smallest absolute Gasteiger partial charge is 0.406 e. The number of carboxylic acid groups (broad SMARTS) is 1. The lowest BCUT2D eigenvalue weighted by atomic mass is 9.86. The first-order chi connectivity index (χ1) is 11.9. The summed E-state index contributed by atoms with van der Waals surface area (Å²) in [5.74, 6) is -1.55. The van der Waals surface area contributed by atoms with Crippen molar-refractivity contribution in [2.75, 3.05) is 13.1 Å². The maximum absolute atomic E-state index is 13.1. The molecule has 1 saturated heterocycles. The summed E-state index contributed by atoms with van der Waals surface area (Å²) < 4.78 is 44.5. The van der Waals surface area contributed by atoms with Crippen LogP contribution in [0.4, 0.5) is 13.2 Å². The number of aromatic nitrogens is 2. The second-order valence-corrected chi connectivity index (χ2v) is 7.57. The number of nitrogens with zero attached hydrogens (tertiary/aromatic N) is 3. The van der Waals surface area contributed by atoms with Crippen LogP contribution in [0, 0.1) is 5.41 Å². The number of likely N-dealkylation sites (tertiary alicyclic amines) is 1. The van der Waals surface area contributed by atoms with E-state index in [1.807, 2.05) is 20.8 Å². The third-order valence-corrected chi connectivity index (χ3v) is 4.49. The van der Waals surface area contributed by atoms with Gasteiger partial charge in [0.05, 0.1) is 0 Å². The standard InChI is InChI=1S/C16H22F3N3O4/c1-14(2,3)12-20-10(26-21-12)5-4-6-11(23)22-8-7-15(9-22,13(24)25)16(17,18)19/h4-9H2,1-3H3,(H,24,25). The predicted octanol–water partition coefficient (Wildman–Crippen LogP) is 2.56. The van der Waals surface area contributed by atoms with Crippen LogP contribution >= 0.6 is 0 Å². The summed E-state index contributed by atoms with van der Waals surface area (Å²) in [6, 6.07) is 0. The first kappa shape index (κ1) is 20.2. The van der Waals surface area contributed by atoms with Gasteiger partial charge in [0, 0.05) is 31.3 Å². The molecule has 1 aliphatic heterocycles. The number of aliphatic carboxylic acids is 1. The number of amides is 1. The van der Waals surface area contributed by atoms with Gasteiger partial charge in [0.15, 0.2) is 11.2 Å². The number of carbonyl (C=O) groups excluding carboxylic acids is 1. The van der Waals surface area contributed by atoms with Gasteiger partial charge in [-0.1, -0.05) is 25.9 Å². The van der Waals surface area contributed by atoms with Crippen molar-refractivity contribution in [3.05, 3.63) is 11.7 Å². The molecule has 1 aliphatic rings. The van der Waals surface area contributed by atoms with E-state index in [0.717, 1.165) is 4.90 Å². The summed E-state index contributed by atoms with van der Waals surface area (Å²) in [6.07, 6.45) is -4.89. The average Bonchev–Trinajstić information content (AvgIpc) is 3.13. The van der Waals surface area contributed by atoms with Crippen LogP contribution in [0.25, 0.3) is 0 Å². The van der Waals surface area contributed by atoms with E-state index in [9.17, 15) is 22.8 Å². The Morgan fingerprint density at radius 1 is 1.31 bits per heavy atom. The van der Waals surface area contributed by atoms with E-state index in [0.29, 0.717) is 24.6 Å². The molecule has 0 radical (unpaired) electrons. The van der Waals surface area contributed by atoms with Crippen LogP contribution in [-0.2, 0) is 21.4 Å². The third-order valence-electron chi connectivity index (χ3n) is 4.49. The summed E-state index contributed by atoms with van der Waals surface area (Å²) in [4.78, 5) is 28.5. The molecule has 1 amide bonds. The molecule has 1 N–H and O–H groups in total. The normalized spacial score (nSPS) is 21.2. The number of aryl methyl sites for hydroxylation is 1. The van der Waals surface area contributed by atoms with Crippen LogP contribution < -0.4 is 0 Å². The molecule has 7 nitrogen and oxygen atoms in total. The highest BCUT2D eigenvalue weighted by atomic mass is 19.4. The monoisotopic (exact) mass is 377 g/mol. The van der Waals surface area contributed by atoms with Crippen LogP contribution in [-0.4, -0.2) is 51.3 Å². The van der Waals surface area contributed by atoms with E-state index in [1.54, 1.807) is 0 Å². The summed E-state index contributed by atoms with van der Waals surface area (Å²) in [7, 11) is 0. The Morgan fingerprint density at radius 2 is 1.96 bits per heavy atom. The van der Waals surface area contributed by atoms with Crippen LogP contribution in [0.5, 0.6) is 0 Å². The van der Waals surface area contributed by atoms with Crippen molar-refractivity contribution in [3.8, 4) is 0 Å². The van der Waals surface area contributed by atoms with Gasteiger partial charge >= 0.3 is 12.1 Å². The van der Waals surface area contributed by atoms with Gasteiger partial charge in [-0.3, -0.25) is 9.59 Å². The molecule has 0 aromatic carbocycles. The Balaban J connectivity index is 1.89. The molecule has 1 atom stereocenters. The zero-order valence-corrected chi connectivity index (χ0v) is 14.9. The highest BCUT2D eigenvalue weighted by Crippen LogP contribution is 2.45. The Labute approximate surface area is 148 Å². The Morgan fingerprint density at radius 3 is 2.42 bits per heavy atom. The van der Waals surface area contributed by atoms with Gasteiger partial charge in [0.2, 0.25) is 11.8 Å². The van der Waals surface area contributed by atoms with Crippen molar-refractivity contribution in [1.29, 1.82) is 0 Å². The fourth-order valence-electron chi connectivity index (χ4n) is 2.76. The number of halogens is 3. The number of rotatable bonds is 5. The van der Waals surface area contributed by atoms with Gasteiger partial charge < -0.3 is 14.5 Å². The lowest BCUT2D eigenvalue weighted by Crippen LogP contribution is -2.47. The largest absolute Gasteiger partial charge is 0.481 e. The van der Waals surface area contributed by atoms with Crippen LogP contribution in [0.1, 0.15) is 51.7 Å². The topological polar surface area (TPSA) is 96.5 Å². The minimum atomic E-state index is -4.90.